The van der Waals surface area contributed by atoms with Gasteiger partial charge >= 0.3 is 0 Å². The maximum absolute atomic E-state index is 6.26. The van der Waals surface area contributed by atoms with Crippen LogP contribution in [0.25, 0.3) is 212 Å². The van der Waals surface area contributed by atoms with Crippen molar-refractivity contribution < 1.29 is 8.83 Å². The molecule has 10 heteroatoms. The zero-order valence-electron chi connectivity index (χ0n) is 60.3. The van der Waals surface area contributed by atoms with E-state index in [-0.39, 0.29) is 0 Å². The van der Waals surface area contributed by atoms with Crippen molar-refractivity contribution in [1.82, 2.24) is 39.0 Å². The van der Waals surface area contributed by atoms with Crippen molar-refractivity contribution in [2.45, 2.75) is 0 Å². The molecule has 6 aromatic heterocycles. The zero-order chi connectivity index (χ0) is 74.0. The van der Waals surface area contributed by atoms with Gasteiger partial charge in [-0.1, -0.05) is 309 Å². The maximum Gasteiger partial charge on any atom is 0.164 e. The van der Waals surface area contributed by atoms with Crippen molar-refractivity contribution in [3.05, 3.63) is 388 Å². The number of nitrogens with zero attached hydrogens (tertiary/aromatic N) is 8. The van der Waals surface area contributed by atoms with Crippen molar-refractivity contribution in [1.29, 1.82) is 0 Å². The highest BCUT2D eigenvalue weighted by Crippen LogP contribution is 2.44. The molecule has 0 saturated carbocycles. The van der Waals surface area contributed by atoms with Crippen molar-refractivity contribution in [2.24, 2.45) is 0 Å². The molecule has 0 unspecified atom stereocenters. The van der Waals surface area contributed by atoms with Crippen LogP contribution in [0.1, 0.15) is 0 Å². The van der Waals surface area contributed by atoms with Crippen LogP contribution in [-0.4, -0.2) is 39.0 Å². The molecule has 0 radical (unpaired) electrons. The summed E-state index contributed by atoms with van der Waals surface area (Å²) in [5.41, 5.74) is 25.0. The van der Waals surface area contributed by atoms with E-state index in [1.807, 2.05) is 152 Å². The Labute approximate surface area is 643 Å². The number of hydrogen-bond donors (Lipinski definition) is 0. The molecular formula is C102H64N8O2. The van der Waals surface area contributed by atoms with Crippen LogP contribution in [-0.2, 0) is 0 Å². The number of fused-ring (bicyclic) bond motifs is 12. The molecule has 0 aliphatic carbocycles. The number of aromatic nitrogens is 8. The third-order valence-electron chi connectivity index (χ3n) is 21.4. The van der Waals surface area contributed by atoms with E-state index in [1.165, 1.54) is 27.1 Å². The van der Waals surface area contributed by atoms with E-state index >= 15 is 0 Å². The SMILES string of the molecule is c1ccc(-c2nc(-c3ccccc3)nc(-c3cccc(-c4ccc(-n5c6ccccc6c6ccc(-c7cccc8oc9ccccc9c78)cc65)cc4)c3)n2)cc1.c1ccc(-c2nc(-c3ccccc3)nc(-c3ccccc3-c3ccc(-n4c5ccccc5c5ccc(-c6cccc7oc8ccccc8c67)cc54)cc3)n2)cc1. The summed E-state index contributed by atoms with van der Waals surface area (Å²) in [5.74, 6) is 3.84. The molecule has 524 valence electrons. The smallest absolute Gasteiger partial charge is 0.164 e. The Balaban J connectivity index is 0.000000141. The van der Waals surface area contributed by atoms with Crippen LogP contribution in [0.15, 0.2) is 397 Å². The third-order valence-corrected chi connectivity index (χ3v) is 21.4. The van der Waals surface area contributed by atoms with Crippen molar-refractivity contribution >= 4 is 87.5 Å². The Morgan fingerprint density at radius 3 is 0.938 bits per heavy atom. The summed E-state index contributed by atoms with van der Waals surface area (Å²) in [4.78, 5) is 29.8. The average molecular weight is 1430 g/mol. The van der Waals surface area contributed by atoms with Crippen LogP contribution in [0, 0.1) is 0 Å². The minimum atomic E-state index is 0.632. The Hall–Kier alpha value is -15.3. The second-order valence-corrected chi connectivity index (χ2v) is 28.0. The van der Waals surface area contributed by atoms with Gasteiger partial charge in [-0.2, -0.15) is 0 Å². The molecule has 0 amide bonds. The van der Waals surface area contributed by atoms with Gasteiger partial charge in [0.15, 0.2) is 34.9 Å². The molecular weight excluding hydrogens is 1370 g/mol. The van der Waals surface area contributed by atoms with Gasteiger partial charge in [0.1, 0.15) is 22.3 Å². The number of rotatable bonds is 12. The van der Waals surface area contributed by atoms with E-state index in [4.69, 9.17) is 38.7 Å². The molecule has 0 N–H and O–H groups in total. The molecule has 0 fully saturated rings. The molecule has 16 aromatic carbocycles. The number of furan rings is 2. The quantitative estimate of drug-likeness (QED) is 0.119. The lowest BCUT2D eigenvalue weighted by Gasteiger charge is -2.13. The number of para-hydroxylation sites is 4. The molecule has 22 aromatic rings. The first-order valence-electron chi connectivity index (χ1n) is 37.5. The van der Waals surface area contributed by atoms with Gasteiger partial charge in [-0.3, -0.25) is 0 Å². The van der Waals surface area contributed by atoms with E-state index in [0.717, 1.165) is 150 Å². The highest BCUT2D eigenvalue weighted by Gasteiger charge is 2.22. The van der Waals surface area contributed by atoms with Gasteiger partial charge in [-0.05, 0) is 123 Å². The molecule has 0 atom stereocenters. The molecule has 112 heavy (non-hydrogen) atoms. The Bertz CT molecular complexity index is 7240. The monoisotopic (exact) mass is 1430 g/mol. The summed E-state index contributed by atoms with van der Waals surface area (Å²) >= 11 is 0. The number of benzene rings is 16. The van der Waals surface area contributed by atoms with Crippen LogP contribution in [0.2, 0.25) is 0 Å². The van der Waals surface area contributed by atoms with Crippen LogP contribution < -0.4 is 0 Å². The van der Waals surface area contributed by atoms with Crippen molar-refractivity contribution in [2.75, 3.05) is 0 Å². The minimum absolute atomic E-state index is 0.632. The molecule has 0 spiro atoms. The maximum atomic E-state index is 6.26. The first-order chi connectivity index (χ1) is 55.5. The fourth-order valence-electron chi connectivity index (χ4n) is 16.1. The lowest BCUT2D eigenvalue weighted by molar-refractivity contribution is 0.668. The van der Waals surface area contributed by atoms with Gasteiger partial charge in [0.2, 0.25) is 0 Å². The topological polar surface area (TPSA) is 113 Å². The Kier molecular flexibility index (Phi) is 16.0. The molecule has 0 bridgehead atoms. The highest BCUT2D eigenvalue weighted by molar-refractivity contribution is 6.17. The summed E-state index contributed by atoms with van der Waals surface area (Å²) in [5, 5.41) is 9.39. The lowest BCUT2D eigenvalue weighted by Crippen LogP contribution is -2.01. The van der Waals surface area contributed by atoms with E-state index < -0.39 is 0 Å². The normalized spacial score (nSPS) is 11.6. The standard InChI is InChI=1S/2C51H32N4O/c1-3-13-34(14-4-1)49-52-50(35-15-5-2-6-16-35)54-51(53-49)38-18-11-17-36(31-38)33-25-28-39(29-26-33)55-44-22-9-7-19-41(44)42-30-27-37(32-45(42)55)40-21-12-24-47-48(40)43-20-8-10-23-46(43)56-47;1-3-14-34(15-4-1)49-52-50(35-16-5-2-6-17-35)54-51(53-49)42-20-8-7-18-38(42)33-26-29-37(30-27-33)55-44-23-11-9-19-40(44)41-31-28-36(32-45(41)55)39-22-13-25-47-48(39)43-21-10-12-24-46(43)56-47/h2*1-32H. The summed E-state index contributed by atoms with van der Waals surface area (Å²) < 4.78 is 17.3. The van der Waals surface area contributed by atoms with Crippen LogP contribution in [0.4, 0.5) is 0 Å². The molecule has 10 nitrogen and oxygen atoms in total. The Morgan fingerprint density at radius 2 is 0.482 bits per heavy atom. The second-order valence-electron chi connectivity index (χ2n) is 28.0. The van der Waals surface area contributed by atoms with Gasteiger partial charge < -0.3 is 18.0 Å². The van der Waals surface area contributed by atoms with Gasteiger partial charge in [-0.25, -0.2) is 29.9 Å². The number of hydrogen-bond acceptors (Lipinski definition) is 8. The van der Waals surface area contributed by atoms with Gasteiger partial charge in [0.25, 0.3) is 0 Å². The van der Waals surface area contributed by atoms with Gasteiger partial charge in [0, 0.05) is 87.8 Å². The molecule has 0 aliphatic heterocycles. The average Bonchev–Trinajstić information content (AvgIpc) is 1.58. The summed E-state index contributed by atoms with van der Waals surface area (Å²) in [6, 6.07) is 135. The van der Waals surface area contributed by atoms with Crippen molar-refractivity contribution in [3.8, 4) is 124 Å². The molecule has 22 rings (SSSR count). The largest absolute Gasteiger partial charge is 0.456 e. The molecule has 0 saturated heterocycles. The van der Waals surface area contributed by atoms with Crippen LogP contribution in [0.5, 0.6) is 0 Å². The highest BCUT2D eigenvalue weighted by atomic mass is 16.3. The predicted octanol–water partition coefficient (Wildman–Crippen LogP) is 26.4. The summed E-state index contributed by atoms with van der Waals surface area (Å²) in [7, 11) is 0. The second kappa shape index (κ2) is 27.5. The minimum Gasteiger partial charge on any atom is -0.456 e. The lowest BCUT2D eigenvalue weighted by atomic mass is 9.98. The van der Waals surface area contributed by atoms with Gasteiger partial charge in [0.05, 0.1) is 22.1 Å². The first-order valence-corrected chi connectivity index (χ1v) is 37.5. The van der Waals surface area contributed by atoms with Crippen LogP contribution in [0.3, 0.4) is 0 Å². The van der Waals surface area contributed by atoms with Crippen LogP contribution >= 0.6 is 0 Å². The van der Waals surface area contributed by atoms with Crippen molar-refractivity contribution in [3.63, 3.8) is 0 Å². The van der Waals surface area contributed by atoms with E-state index in [9.17, 15) is 0 Å². The summed E-state index contributed by atoms with van der Waals surface area (Å²) in [6.45, 7) is 0. The fraction of sp³-hybridized carbons (Fsp3) is 0. The third kappa shape index (κ3) is 11.6. The zero-order valence-corrected chi connectivity index (χ0v) is 60.3. The Morgan fingerprint density at radius 1 is 0.170 bits per heavy atom. The van der Waals surface area contributed by atoms with Gasteiger partial charge in [-0.15, -0.1) is 0 Å². The van der Waals surface area contributed by atoms with E-state index in [1.54, 1.807) is 0 Å². The van der Waals surface area contributed by atoms with E-state index in [0.29, 0.717) is 34.9 Å². The summed E-state index contributed by atoms with van der Waals surface area (Å²) in [6.07, 6.45) is 0. The molecule has 0 aliphatic rings. The predicted molar refractivity (Wildman–Crippen MR) is 457 cm³/mol. The van der Waals surface area contributed by atoms with E-state index in [2.05, 4.69) is 246 Å². The fourth-order valence-corrected chi connectivity index (χ4v) is 16.1. The first kappa shape index (κ1) is 65.1. The molecule has 6 heterocycles.